The molecule has 2 aromatic rings. The Morgan fingerprint density at radius 1 is 0.970 bits per heavy atom. The number of nitrogens with one attached hydrogen (secondary N) is 1. The minimum Gasteiger partial charge on any atom is -0.388 e. The number of benzene rings is 2. The monoisotopic (exact) mass is 451 g/mol. The third kappa shape index (κ3) is 7.39. The van der Waals surface area contributed by atoms with Gasteiger partial charge >= 0.3 is 0 Å². The number of rotatable bonds is 8. The normalized spacial score (nSPS) is 16.5. The summed E-state index contributed by atoms with van der Waals surface area (Å²) >= 11 is 0. The van der Waals surface area contributed by atoms with Crippen molar-refractivity contribution in [1.29, 1.82) is 0 Å². The van der Waals surface area contributed by atoms with E-state index in [2.05, 4.69) is 60.2 Å². The van der Waals surface area contributed by atoms with E-state index in [9.17, 15) is 9.90 Å². The van der Waals surface area contributed by atoms with Crippen molar-refractivity contribution >= 4 is 11.6 Å². The number of aliphatic hydroxyl groups excluding tert-OH is 1. The minimum atomic E-state index is -0.408. The van der Waals surface area contributed by atoms with Crippen LogP contribution in [0, 0.1) is 13.8 Å². The zero-order valence-corrected chi connectivity index (χ0v) is 21.0. The van der Waals surface area contributed by atoms with Crippen LogP contribution in [0.5, 0.6) is 0 Å². The number of aryl methyl sites for hydroxylation is 2. The molecule has 1 amide bonds. The van der Waals surface area contributed by atoms with Gasteiger partial charge < -0.3 is 15.3 Å². The van der Waals surface area contributed by atoms with E-state index in [4.69, 9.17) is 0 Å². The first kappa shape index (κ1) is 25.4. The fraction of sp³-hybridized carbons (Fsp3) is 0.536. The maximum atomic E-state index is 12.5. The summed E-state index contributed by atoms with van der Waals surface area (Å²) in [6.07, 6.45) is 1.33. The predicted molar refractivity (Wildman–Crippen MR) is 137 cm³/mol. The summed E-state index contributed by atoms with van der Waals surface area (Å²) in [6.45, 7) is 15.8. The molecule has 1 heterocycles. The van der Waals surface area contributed by atoms with Gasteiger partial charge in [-0.25, -0.2) is 0 Å². The van der Waals surface area contributed by atoms with Crippen LogP contribution in [0.25, 0.3) is 0 Å². The number of hydrogen-bond acceptors (Lipinski definition) is 4. The number of carbonyl (C=O) groups excluding carboxylic acids is 1. The van der Waals surface area contributed by atoms with Crippen molar-refractivity contribution in [2.75, 3.05) is 44.6 Å². The van der Waals surface area contributed by atoms with Gasteiger partial charge in [0.2, 0.25) is 5.91 Å². The predicted octanol–water partition coefficient (Wildman–Crippen LogP) is 4.67. The largest absolute Gasteiger partial charge is 0.388 e. The molecule has 0 saturated carbocycles. The molecule has 5 heteroatoms. The Bertz CT molecular complexity index is 889. The van der Waals surface area contributed by atoms with Gasteiger partial charge in [0.15, 0.2) is 0 Å². The van der Waals surface area contributed by atoms with Crippen LogP contribution in [0.4, 0.5) is 5.69 Å². The van der Waals surface area contributed by atoms with Crippen LogP contribution >= 0.6 is 0 Å². The van der Waals surface area contributed by atoms with Gasteiger partial charge in [-0.3, -0.25) is 9.69 Å². The first-order valence-electron chi connectivity index (χ1n) is 12.2. The molecule has 0 radical (unpaired) electrons. The van der Waals surface area contributed by atoms with E-state index in [1.165, 1.54) is 5.56 Å². The summed E-state index contributed by atoms with van der Waals surface area (Å²) < 4.78 is 0. The Kier molecular flexibility index (Phi) is 8.69. The van der Waals surface area contributed by atoms with E-state index in [1.54, 1.807) is 0 Å². The van der Waals surface area contributed by atoms with E-state index in [1.807, 2.05) is 32.0 Å². The standard InChI is InChI=1S/C28H41N3O2/c1-21-8-6-9-22(2)27(21)29-26(33)20-31-18-16-30(17-19-31)15-7-10-25(32)23-11-13-24(14-12-23)28(3,4)5/h6,8-9,11-14,25,32H,7,10,15-20H2,1-5H3,(H,29,33). The zero-order valence-electron chi connectivity index (χ0n) is 21.0. The molecule has 1 fully saturated rings. The second-order valence-corrected chi connectivity index (χ2v) is 10.5. The number of amides is 1. The number of hydrogen-bond donors (Lipinski definition) is 2. The second kappa shape index (κ2) is 11.3. The molecular weight excluding hydrogens is 410 g/mol. The fourth-order valence-corrected chi connectivity index (χ4v) is 4.44. The van der Waals surface area contributed by atoms with Crippen molar-refractivity contribution in [2.24, 2.45) is 0 Å². The number of anilines is 1. The minimum absolute atomic E-state index is 0.0569. The number of nitrogens with zero attached hydrogens (tertiary/aromatic N) is 2. The highest BCUT2D eigenvalue weighted by Crippen LogP contribution is 2.25. The lowest BCUT2D eigenvalue weighted by atomic mass is 9.86. The summed E-state index contributed by atoms with van der Waals surface area (Å²) in [6, 6.07) is 14.5. The maximum absolute atomic E-state index is 12.5. The Morgan fingerprint density at radius 2 is 1.55 bits per heavy atom. The molecule has 1 atom stereocenters. The smallest absolute Gasteiger partial charge is 0.238 e. The summed E-state index contributed by atoms with van der Waals surface area (Å²) in [5, 5.41) is 13.7. The molecule has 0 bridgehead atoms. The first-order valence-corrected chi connectivity index (χ1v) is 12.2. The van der Waals surface area contributed by atoms with Gasteiger partial charge in [-0.2, -0.15) is 0 Å². The Balaban J connectivity index is 1.36. The summed E-state index contributed by atoms with van der Waals surface area (Å²) in [5.41, 5.74) is 5.56. The van der Waals surface area contributed by atoms with Crippen LogP contribution in [0.3, 0.4) is 0 Å². The van der Waals surface area contributed by atoms with Crippen molar-refractivity contribution in [3.8, 4) is 0 Å². The van der Waals surface area contributed by atoms with Gasteiger partial charge in [0.25, 0.3) is 0 Å². The molecule has 5 nitrogen and oxygen atoms in total. The lowest BCUT2D eigenvalue weighted by molar-refractivity contribution is -0.117. The van der Waals surface area contributed by atoms with Crippen LogP contribution in [0.2, 0.25) is 0 Å². The van der Waals surface area contributed by atoms with Crippen molar-refractivity contribution in [3.05, 3.63) is 64.7 Å². The van der Waals surface area contributed by atoms with Gasteiger partial charge in [0.1, 0.15) is 0 Å². The summed E-state index contributed by atoms with van der Waals surface area (Å²) in [7, 11) is 0. The molecule has 2 N–H and O–H groups in total. The van der Waals surface area contributed by atoms with Crippen LogP contribution in [0.1, 0.15) is 62.0 Å². The molecule has 3 rings (SSSR count). The van der Waals surface area contributed by atoms with E-state index < -0.39 is 6.10 Å². The van der Waals surface area contributed by atoms with Gasteiger partial charge in [-0.15, -0.1) is 0 Å². The number of aliphatic hydroxyl groups is 1. The average molecular weight is 452 g/mol. The molecule has 1 unspecified atom stereocenters. The molecule has 0 aromatic heterocycles. The van der Waals surface area contributed by atoms with Crippen molar-refractivity contribution in [3.63, 3.8) is 0 Å². The van der Waals surface area contributed by atoms with Crippen LogP contribution in [0.15, 0.2) is 42.5 Å². The Morgan fingerprint density at radius 3 is 2.12 bits per heavy atom. The van der Waals surface area contributed by atoms with Crippen LogP contribution in [-0.4, -0.2) is 60.1 Å². The third-order valence-corrected chi connectivity index (χ3v) is 6.69. The Labute approximate surface area is 199 Å². The SMILES string of the molecule is Cc1cccc(C)c1NC(=O)CN1CCN(CCCC(O)c2ccc(C(C)(C)C)cc2)CC1. The second-order valence-electron chi connectivity index (χ2n) is 10.5. The summed E-state index contributed by atoms with van der Waals surface area (Å²) in [4.78, 5) is 17.2. The van der Waals surface area contributed by atoms with E-state index >= 15 is 0 Å². The van der Waals surface area contributed by atoms with E-state index in [0.29, 0.717) is 6.54 Å². The maximum Gasteiger partial charge on any atom is 0.238 e. The topological polar surface area (TPSA) is 55.8 Å². The molecule has 2 aromatic carbocycles. The quantitative estimate of drug-likeness (QED) is 0.612. The van der Waals surface area contributed by atoms with Crippen molar-refractivity contribution in [1.82, 2.24) is 9.80 Å². The van der Waals surface area contributed by atoms with E-state index in [-0.39, 0.29) is 11.3 Å². The molecular formula is C28H41N3O2. The molecule has 1 saturated heterocycles. The molecule has 0 spiro atoms. The number of piperazine rings is 1. The van der Waals surface area contributed by atoms with Gasteiger partial charge in [-0.05, 0) is 60.9 Å². The van der Waals surface area contributed by atoms with Crippen molar-refractivity contribution < 1.29 is 9.90 Å². The lowest BCUT2D eigenvalue weighted by Gasteiger charge is -2.34. The molecule has 1 aliphatic rings. The highest BCUT2D eigenvalue weighted by Gasteiger charge is 2.20. The van der Waals surface area contributed by atoms with Gasteiger partial charge in [0, 0.05) is 31.9 Å². The van der Waals surface area contributed by atoms with Crippen LogP contribution < -0.4 is 5.32 Å². The molecule has 180 valence electrons. The third-order valence-electron chi connectivity index (χ3n) is 6.69. The lowest BCUT2D eigenvalue weighted by Crippen LogP contribution is -2.48. The van der Waals surface area contributed by atoms with E-state index in [0.717, 1.165) is 67.9 Å². The van der Waals surface area contributed by atoms with Gasteiger partial charge in [-0.1, -0.05) is 63.2 Å². The zero-order chi connectivity index (χ0) is 24.0. The van der Waals surface area contributed by atoms with Crippen LogP contribution in [-0.2, 0) is 10.2 Å². The first-order chi connectivity index (χ1) is 15.6. The highest BCUT2D eigenvalue weighted by molar-refractivity contribution is 5.93. The molecule has 0 aliphatic carbocycles. The number of carbonyl (C=O) groups is 1. The molecule has 33 heavy (non-hydrogen) atoms. The summed E-state index contributed by atoms with van der Waals surface area (Å²) in [5.74, 6) is 0.0569. The Hall–Kier alpha value is -2.21. The molecule has 1 aliphatic heterocycles. The number of para-hydroxylation sites is 1. The highest BCUT2D eigenvalue weighted by atomic mass is 16.3. The average Bonchev–Trinajstić information content (AvgIpc) is 2.77. The van der Waals surface area contributed by atoms with Gasteiger partial charge in [0.05, 0.1) is 12.6 Å². The van der Waals surface area contributed by atoms with Crippen molar-refractivity contribution in [2.45, 2.75) is 59.0 Å². The fourth-order valence-electron chi connectivity index (χ4n) is 4.44.